The molecule has 9 heteroatoms. The van der Waals surface area contributed by atoms with Crippen LogP contribution >= 0.6 is 15.9 Å². The number of ether oxygens (including phenoxy) is 2. The Labute approximate surface area is 161 Å². The van der Waals surface area contributed by atoms with Gasteiger partial charge in [-0.15, -0.1) is 0 Å². The van der Waals surface area contributed by atoms with E-state index in [0.717, 1.165) is 4.47 Å². The summed E-state index contributed by atoms with van der Waals surface area (Å²) in [6, 6.07) is 6.64. The van der Waals surface area contributed by atoms with Gasteiger partial charge in [-0.1, -0.05) is 22.0 Å². The van der Waals surface area contributed by atoms with Gasteiger partial charge in [-0.2, -0.15) is 0 Å². The van der Waals surface area contributed by atoms with Crippen LogP contribution in [0.5, 0.6) is 5.75 Å². The molecule has 2 atom stereocenters. The van der Waals surface area contributed by atoms with Crippen molar-refractivity contribution < 1.29 is 27.5 Å². The fourth-order valence-corrected chi connectivity index (χ4v) is 4.94. The van der Waals surface area contributed by atoms with E-state index >= 15 is 0 Å². The number of sulfone groups is 1. The van der Waals surface area contributed by atoms with Gasteiger partial charge in [0.25, 0.3) is 5.91 Å². The minimum Gasteiger partial charge on any atom is -0.482 e. The average molecular weight is 448 g/mol. The first kappa shape index (κ1) is 20.7. The Morgan fingerprint density at radius 1 is 1.38 bits per heavy atom. The number of hydrogen-bond acceptors (Lipinski definition) is 6. The molecule has 0 bridgehead atoms. The summed E-state index contributed by atoms with van der Waals surface area (Å²) in [5.41, 5.74) is 0. The van der Waals surface area contributed by atoms with Crippen molar-refractivity contribution in [3.8, 4) is 5.75 Å². The van der Waals surface area contributed by atoms with Gasteiger partial charge in [0.2, 0.25) is 0 Å². The number of amides is 1. The van der Waals surface area contributed by atoms with Crippen LogP contribution in [0.2, 0.25) is 0 Å². The molecule has 1 aliphatic heterocycles. The van der Waals surface area contributed by atoms with Crippen LogP contribution in [0, 0.1) is 0 Å². The van der Waals surface area contributed by atoms with E-state index in [0.29, 0.717) is 18.7 Å². The second-order valence-corrected chi connectivity index (χ2v) is 9.20. The van der Waals surface area contributed by atoms with E-state index in [2.05, 4.69) is 15.9 Å². The third-order valence-corrected chi connectivity index (χ3v) is 6.33. The third-order valence-electron chi connectivity index (χ3n) is 4.08. The van der Waals surface area contributed by atoms with Crippen LogP contribution in [0.15, 0.2) is 28.7 Å². The standard InChI is InChI=1S/C17H22BrNO6S/c1-3-19(14-7-8-26(22,23)11-14)17(21)12(2)25-16(20)10-24-15-6-4-5-13(18)9-15/h4-6,9,12,14H,3,7-8,10-11H2,1-2H3. The fraction of sp³-hybridized carbons (Fsp3) is 0.529. The van der Waals surface area contributed by atoms with E-state index in [1.807, 2.05) is 6.07 Å². The van der Waals surface area contributed by atoms with Crippen molar-refractivity contribution in [3.63, 3.8) is 0 Å². The van der Waals surface area contributed by atoms with E-state index in [-0.39, 0.29) is 24.2 Å². The number of carbonyl (C=O) groups excluding carboxylic acids is 2. The Bertz CT molecular complexity index is 766. The van der Waals surface area contributed by atoms with Gasteiger partial charge < -0.3 is 14.4 Å². The van der Waals surface area contributed by atoms with Crippen LogP contribution in [0.25, 0.3) is 0 Å². The van der Waals surface area contributed by atoms with Crippen molar-refractivity contribution in [3.05, 3.63) is 28.7 Å². The van der Waals surface area contributed by atoms with Crippen molar-refractivity contribution in [1.82, 2.24) is 4.90 Å². The lowest BCUT2D eigenvalue weighted by molar-refractivity contribution is -0.161. The molecule has 2 unspecified atom stereocenters. The van der Waals surface area contributed by atoms with Gasteiger partial charge in [0.15, 0.2) is 22.5 Å². The molecule has 0 aliphatic carbocycles. The molecule has 1 amide bonds. The topological polar surface area (TPSA) is 90.0 Å². The second kappa shape index (κ2) is 8.85. The normalized spacial score (nSPS) is 19.6. The average Bonchev–Trinajstić information content (AvgIpc) is 2.93. The molecule has 7 nitrogen and oxygen atoms in total. The van der Waals surface area contributed by atoms with Crippen LogP contribution in [0.3, 0.4) is 0 Å². The van der Waals surface area contributed by atoms with E-state index in [4.69, 9.17) is 9.47 Å². The predicted molar refractivity (Wildman–Crippen MR) is 99.6 cm³/mol. The number of benzene rings is 1. The highest BCUT2D eigenvalue weighted by atomic mass is 79.9. The maximum atomic E-state index is 12.5. The first-order chi connectivity index (χ1) is 12.2. The smallest absolute Gasteiger partial charge is 0.344 e. The predicted octanol–water partition coefficient (Wildman–Crippen LogP) is 1.80. The first-order valence-corrected chi connectivity index (χ1v) is 10.9. The quantitative estimate of drug-likeness (QED) is 0.591. The molecule has 1 aliphatic rings. The summed E-state index contributed by atoms with van der Waals surface area (Å²) >= 11 is 3.30. The Hall–Kier alpha value is -1.61. The molecule has 1 aromatic carbocycles. The number of carbonyl (C=O) groups is 2. The first-order valence-electron chi connectivity index (χ1n) is 8.30. The molecule has 1 aromatic rings. The molecular formula is C17H22BrNO6S. The zero-order valence-electron chi connectivity index (χ0n) is 14.7. The Balaban J connectivity index is 1.87. The van der Waals surface area contributed by atoms with Crippen molar-refractivity contribution >= 4 is 37.6 Å². The van der Waals surface area contributed by atoms with Crippen LogP contribution in [0.1, 0.15) is 20.3 Å². The van der Waals surface area contributed by atoms with Crippen molar-refractivity contribution in [2.75, 3.05) is 24.7 Å². The fourth-order valence-electron chi connectivity index (χ4n) is 2.83. The van der Waals surface area contributed by atoms with E-state index in [1.54, 1.807) is 25.1 Å². The molecular weight excluding hydrogens is 426 g/mol. The second-order valence-electron chi connectivity index (χ2n) is 6.06. The highest BCUT2D eigenvalue weighted by Crippen LogP contribution is 2.20. The Kier molecular flexibility index (Phi) is 7.05. The Morgan fingerprint density at radius 2 is 2.12 bits per heavy atom. The zero-order chi connectivity index (χ0) is 19.3. The highest BCUT2D eigenvalue weighted by Gasteiger charge is 2.36. The Morgan fingerprint density at radius 3 is 2.69 bits per heavy atom. The lowest BCUT2D eigenvalue weighted by Crippen LogP contribution is -2.46. The summed E-state index contributed by atoms with van der Waals surface area (Å²) in [7, 11) is -3.10. The highest BCUT2D eigenvalue weighted by molar-refractivity contribution is 9.10. The number of rotatable bonds is 7. The lowest BCUT2D eigenvalue weighted by Gasteiger charge is -2.29. The van der Waals surface area contributed by atoms with Gasteiger partial charge in [0.05, 0.1) is 11.5 Å². The number of halogens is 1. The largest absolute Gasteiger partial charge is 0.482 e. The number of nitrogens with zero attached hydrogens (tertiary/aromatic N) is 1. The summed E-state index contributed by atoms with van der Waals surface area (Å²) in [5, 5.41) is 0. The lowest BCUT2D eigenvalue weighted by atomic mass is 10.2. The molecule has 26 heavy (non-hydrogen) atoms. The van der Waals surface area contributed by atoms with E-state index in [9.17, 15) is 18.0 Å². The van der Waals surface area contributed by atoms with Gasteiger partial charge in [-0.3, -0.25) is 4.79 Å². The summed E-state index contributed by atoms with van der Waals surface area (Å²) in [6.07, 6.45) is -0.592. The molecule has 144 valence electrons. The summed E-state index contributed by atoms with van der Waals surface area (Å²) in [5.74, 6) is -0.525. The molecule has 0 N–H and O–H groups in total. The van der Waals surface area contributed by atoms with Crippen LogP contribution in [0.4, 0.5) is 0 Å². The molecule has 2 rings (SSSR count). The van der Waals surface area contributed by atoms with Crippen molar-refractivity contribution in [2.45, 2.75) is 32.4 Å². The summed E-state index contributed by atoms with van der Waals surface area (Å²) in [4.78, 5) is 25.9. The molecule has 1 fully saturated rings. The molecule has 1 heterocycles. The molecule has 0 aromatic heterocycles. The SMILES string of the molecule is CCN(C(=O)C(C)OC(=O)COc1cccc(Br)c1)C1CCS(=O)(=O)C1. The number of hydrogen-bond donors (Lipinski definition) is 0. The van der Waals surface area contributed by atoms with Gasteiger partial charge in [0.1, 0.15) is 5.75 Å². The van der Waals surface area contributed by atoms with Gasteiger partial charge in [0, 0.05) is 17.1 Å². The summed E-state index contributed by atoms with van der Waals surface area (Å²) < 4.78 is 34.6. The minimum atomic E-state index is -3.10. The van der Waals surface area contributed by atoms with E-state index < -0.39 is 27.8 Å². The molecule has 0 saturated carbocycles. The van der Waals surface area contributed by atoms with Crippen molar-refractivity contribution in [1.29, 1.82) is 0 Å². The molecule has 0 radical (unpaired) electrons. The minimum absolute atomic E-state index is 0.0424. The zero-order valence-corrected chi connectivity index (χ0v) is 17.1. The maximum Gasteiger partial charge on any atom is 0.344 e. The number of likely N-dealkylation sites (N-methyl/N-ethyl adjacent to an activating group) is 1. The van der Waals surface area contributed by atoms with Crippen LogP contribution < -0.4 is 4.74 Å². The maximum absolute atomic E-state index is 12.5. The van der Waals surface area contributed by atoms with Gasteiger partial charge in [-0.05, 0) is 38.5 Å². The summed E-state index contributed by atoms with van der Waals surface area (Å²) in [6.45, 7) is 3.28. The van der Waals surface area contributed by atoms with Gasteiger partial charge in [-0.25, -0.2) is 13.2 Å². The third kappa shape index (κ3) is 5.70. The van der Waals surface area contributed by atoms with Crippen LogP contribution in [-0.2, 0) is 24.2 Å². The number of esters is 1. The van der Waals surface area contributed by atoms with E-state index in [1.165, 1.54) is 11.8 Å². The molecule has 1 saturated heterocycles. The van der Waals surface area contributed by atoms with Crippen molar-refractivity contribution in [2.24, 2.45) is 0 Å². The molecule has 0 spiro atoms. The monoisotopic (exact) mass is 447 g/mol. The van der Waals surface area contributed by atoms with Crippen LogP contribution in [-0.4, -0.2) is 62.0 Å². The van der Waals surface area contributed by atoms with Gasteiger partial charge >= 0.3 is 5.97 Å².